The van der Waals surface area contributed by atoms with Crippen LogP contribution in [0.5, 0.6) is 0 Å². The van der Waals surface area contributed by atoms with Crippen LogP contribution in [-0.4, -0.2) is 18.0 Å². The van der Waals surface area contributed by atoms with Gasteiger partial charge < -0.3 is 10.1 Å². The van der Waals surface area contributed by atoms with Gasteiger partial charge in [-0.25, -0.2) is 4.79 Å². The Labute approximate surface area is 140 Å². The van der Waals surface area contributed by atoms with Gasteiger partial charge in [0, 0.05) is 10.7 Å². The second kappa shape index (κ2) is 7.29. The molecule has 0 unspecified atom stereocenters. The summed E-state index contributed by atoms with van der Waals surface area (Å²) in [5.74, 6) is -0.935. The molecule has 0 aliphatic rings. The summed E-state index contributed by atoms with van der Waals surface area (Å²) in [4.78, 5) is 24.2. The number of nitrogens with one attached hydrogen (secondary N) is 1. The van der Waals surface area contributed by atoms with Crippen LogP contribution in [0.3, 0.4) is 0 Å². The van der Waals surface area contributed by atoms with Crippen LogP contribution in [0.25, 0.3) is 0 Å². The lowest BCUT2D eigenvalue weighted by atomic mass is 10.1. The number of aryl methyl sites for hydroxylation is 2. The highest BCUT2D eigenvalue weighted by molar-refractivity contribution is 6.31. The molecule has 1 N–H and O–H groups in total. The van der Waals surface area contributed by atoms with Crippen LogP contribution in [0.4, 0.5) is 5.69 Å². The van der Waals surface area contributed by atoms with Crippen molar-refractivity contribution < 1.29 is 14.3 Å². The molecule has 0 aliphatic carbocycles. The summed E-state index contributed by atoms with van der Waals surface area (Å²) in [6.07, 6.45) is -0.915. The number of halogens is 1. The van der Waals surface area contributed by atoms with Gasteiger partial charge in [-0.1, -0.05) is 35.4 Å². The van der Waals surface area contributed by atoms with Crippen LogP contribution in [0.1, 0.15) is 28.4 Å². The molecule has 2 rings (SSSR count). The predicted octanol–water partition coefficient (Wildman–Crippen LogP) is 4.14. The van der Waals surface area contributed by atoms with Crippen LogP contribution >= 0.6 is 11.6 Å². The topological polar surface area (TPSA) is 55.4 Å². The molecule has 0 aliphatic heterocycles. The first-order valence-electron chi connectivity index (χ1n) is 7.21. The Bertz CT molecular complexity index is 743. The summed E-state index contributed by atoms with van der Waals surface area (Å²) in [5.41, 5.74) is 2.84. The van der Waals surface area contributed by atoms with E-state index in [1.165, 1.54) is 6.92 Å². The molecule has 23 heavy (non-hydrogen) atoms. The molecular formula is C18H18ClNO3. The molecule has 0 saturated carbocycles. The van der Waals surface area contributed by atoms with E-state index in [9.17, 15) is 9.59 Å². The van der Waals surface area contributed by atoms with Crippen molar-refractivity contribution in [3.63, 3.8) is 0 Å². The van der Waals surface area contributed by atoms with Crippen molar-refractivity contribution in [1.29, 1.82) is 0 Å². The molecule has 120 valence electrons. The number of esters is 1. The molecule has 0 saturated heterocycles. The highest BCUT2D eigenvalue weighted by Gasteiger charge is 2.19. The average molecular weight is 332 g/mol. The van der Waals surface area contributed by atoms with E-state index in [0.717, 1.165) is 11.1 Å². The van der Waals surface area contributed by atoms with Gasteiger partial charge in [-0.2, -0.15) is 0 Å². The molecule has 4 nitrogen and oxygen atoms in total. The van der Waals surface area contributed by atoms with E-state index in [4.69, 9.17) is 16.3 Å². The Balaban J connectivity index is 2.02. The van der Waals surface area contributed by atoms with Gasteiger partial charge >= 0.3 is 5.97 Å². The third-order valence-electron chi connectivity index (χ3n) is 3.36. The molecule has 0 bridgehead atoms. The van der Waals surface area contributed by atoms with Gasteiger partial charge in [0.15, 0.2) is 6.10 Å². The fourth-order valence-electron chi connectivity index (χ4n) is 2.02. The van der Waals surface area contributed by atoms with E-state index in [1.807, 2.05) is 19.9 Å². The first kappa shape index (κ1) is 17.0. The predicted molar refractivity (Wildman–Crippen MR) is 90.9 cm³/mol. The molecule has 2 aromatic carbocycles. The Kier molecular flexibility index (Phi) is 5.40. The fourth-order valence-corrected chi connectivity index (χ4v) is 2.19. The number of hydrogen-bond acceptors (Lipinski definition) is 3. The SMILES string of the molecule is Cc1cccc(C(=O)O[C@H](C)C(=O)Nc2cc(Cl)ccc2C)c1. The standard InChI is InChI=1S/C18H18ClNO3/c1-11-5-4-6-14(9-11)18(22)23-13(3)17(21)20-16-10-15(19)8-7-12(16)2/h4-10,13H,1-3H3,(H,20,21)/t13-/m1/s1. The van der Waals surface area contributed by atoms with Gasteiger partial charge in [0.2, 0.25) is 0 Å². The first-order valence-corrected chi connectivity index (χ1v) is 7.59. The van der Waals surface area contributed by atoms with Gasteiger partial charge in [-0.15, -0.1) is 0 Å². The Hall–Kier alpha value is -2.33. The van der Waals surface area contributed by atoms with E-state index < -0.39 is 18.0 Å². The normalized spacial score (nSPS) is 11.7. The van der Waals surface area contributed by atoms with Crippen LogP contribution < -0.4 is 5.32 Å². The van der Waals surface area contributed by atoms with E-state index in [1.54, 1.807) is 36.4 Å². The van der Waals surface area contributed by atoms with Crippen molar-refractivity contribution in [2.75, 3.05) is 5.32 Å². The van der Waals surface area contributed by atoms with Crippen molar-refractivity contribution >= 4 is 29.2 Å². The van der Waals surface area contributed by atoms with Crippen molar-refractivity contribution in [3.05, 3.63) is 64.2 Å². The number of carbonyl (C=O) groups excluding carboxylic acids is 2. The second-order valence-electron chi connectivity index (χ2n) is 5.37. The van der Waals surface area contributed by atoms with Gasteiger partial charge in [-0.05, 0) is 50.6 Å². The number of carbonyl (C=O) groups is 2. The minimum Gasteiger partial charge on any atom is -0.449 e. The van der Waals surface area contributed by atoms with Crippen LogP contribution in [0.2, 0.25) is 5.02 Å². The summed E-state index contributed by atoms with van der Waals surface area (Å²) < 4.78 is 5.21. The molecule has 1 atom stereocenters. The molecule has 0 spiro atoms. The van der Waals surface area contributed by atoms with Gasteiger partial charge in [0.05, 0.1) is 5.56 Å². The summed E-state index contributed by atoms with van der Waals surface area (Å²) in [6.45, 7) is 5.27. The third kappa shape index (κ3) is 4.57. The Morgan fingerprint density at radius 3 is 2.57 bits per heavy atom. The fraction of sp³-hybridized carbons (Fsp3) is 0.222. The molecule has 5 heteroatoms. The number of ether oxygens (including phenoxy) is 1. The van der Waals surface area contributed by atoms with E-state index in [-0.39, 0.29) is 0 Å². The zero-order valence-corrected chi connectivity index (χ0v) is 14.0. The highest BCUT2D eigenvalue weighted by Crippen LogP contribution is 2.20. The smallest absolute Gasteiger partial charge is 0.338 e. The van der Waals surface area contributed by atoms with Crippen molar-refractivity contribution in [1.82, 2.24) is 0 Å². The summed E-state index contributed by atoms with van der Waals surface area (Å²) in [6, 6.07) is 12.2. The summed E-state index contributed by atoms with van der Waals surface area (Å²) in [5, 5.41) is 3.24. The molecule has 0 heterocycles. The summed E-state index contributed by atoms with van der Waals surface area (Å²) in [7, 11) is 0. The molecule has 0 aromatic heterocycles. The van der Waals surface area contributed by atoms with Crippen molar-refractivity contribution in [3.8, 4) is 0 Å². The third-order valence-corrected chi connectivity index (χ3v) is 3.60. The molecule has 1 amide bonds. The highest BCUT2D eigenvalue weighted by atomic mass is 35.5. The Morgan fingerprint density at radius 2 is 1.87 bits per heavy atom. The monoisotopic (exact) mass is 331 g/mol. The number of rotatable bonds is 4. The van der Waals surface area contributed by atoms with Crippen LogP contribution in [0, 0.1) is 13.8 Å². The first-order chi connectivity index (χ1) is 10.9. The van der Waals surface area contributed by atoms with Crippen molar-refractivity contribution in [2.24, 2.45) is 0 Å². The molecule has 2 aromatic rings. The van der Waals surface area contributed by atoms with Crippen LogP contribution in [-0.2, 0) is 9.53 Å². The zero-order chi connectivity index (χ0) is 17.0. The second-order valence-corrected chi connectivity index (χ2v) is 5.80. The molecule has 0 fully saturated rings. The maximum absolute atomic E-state index is 12.2. The quantitative estimate of drug-likeness (QED) is 0.857. The maximum Gasteiger partial charge on any atom is 0.338 e. The minimum absolute atomic E-state index is 0.406. The zero-order valence-electron chi connectivity index (χ0n) is 13.2. The lowest BCUT2D eigenvalue weighted by molar-refractivity contribution is -0.123. The lowest BCUT2D eigenvalue weighted by Gasteiger charge is -2.15. The lowest BCUT2D eigenvalue weighted by Crippen LogP contribution is -2.30. The number of anilines is 1. The number of benzene rings is 2. The minimum atomic E-state index is -0.915. The van der Waals surface area contributed by atoms with Gasteiger partial charge in [-0.3, -0.25) is 4.79 Å². The van der Waals surface area contributed by atoms with E-state index >= 15 is 0 Å². The van der Waals surface area contributed by atoms with Gasteiger partial charge in [0.25, 0.3) is 5.91 Å². The van der Waals surface area contributed by atoms with Crippen LogP contribution in [0.15, 0.2) is 42.5 Å². The summed E-state index contributed by atoms with van der Waals surface area (Å²) >= 11 is 5.92. The van der Waals surface area contributed by atoms with Crippen molar-refractivity contribution in [2.45, 2.75) is 26.9 Å². The average Bonchev–Trinajstić information content (AvgIpc) is 2.50. The molecular weight excluding hydrogens is 314 g/mol. The Morgan fingerprint density at radius 1 is 1.13 bits per heavy atom. The number of hydrogen-bond donors (Lipinski definition) is 1. The van der Waals surface area contributed by atoms with E-state index in [0.29, 0.717) is 16.3 Å². The maximum atomic E-state index is 12.2. The van der Waals surface area contributed by atoms with Gasteiger partial charge in [0.1, 0.15) is 0 Å². The van der Waals surface area contributed by atoms with E-state index in [2.05, 4.69) is 5.32 Å². The largest absolute Gasteiger partial charge is 0.449 e. The molecule has 0 radical (unpaired) electrons. The number of amides is 1.